The molecule has 0 saturated heterocycles. The van der Waals surface area contributed by atoms with Gasteiger partial charge in [-0.2, -0.15) is 0 Å². The number of nitrogens with zero attached hydrogens (tertiary/aromatic N) is 1. The third-order valence-corrected chi connectivity index (χ3v) is 3.13. The summed E-state index contributed by atoms with van der Waals surface area (Å²) in [5.74, 6) is 0.137. The molecule has 1 amide bonds. The maximum atomic E-state index is 11.7. The van der Waals surface area contributed by atoms with Crippen molar-refractivity contribution >= 4 is 5.91 Å². The average Bonchev–Trinajstić information content (AvgIpc) is 3.01. The lowest BCUT2D eigenvalue weighted by Crippen LogP contribution is -2.53. The van der Waals surface area contributed by atoms with Crippen LogP contribution in [0.3, 0.4) is 0 Å². The number of nitrogens with two attached hydrogens (primary N) is 1. The van der Waals surface area contributed by atoms with Crippen molar-refractivity contribution in [2.24, 2.45) is 5.73 Å². The van der Waals surface area contributed by atoms with E-state index in [0.29, 0.717) is 19.1 Å². The summed E-state index contributed by atoms with van der Waals surface area (Å²) in [6.45, 7) is 8.26. The van der Waals surface area contributed by atoms with Crippen LogP contribution in [0, 0.1) is 0 Å². The van der Waals surface area contributed by atoms with Crippen molar-refractivity contribution in [3.05, 3.63) is 0 Å². The molecular formula is C12H25N3O. The fourth-order valence-electron chi connectivity index (χ4n) is 1.67. The Labute approximate surface area is 98.6 Å². The van der Waals surface area contributed by atoms with E-state index < -0.39 is 0 Å². The largest absolute Gasteiger partial charge is 0.352 e. The highest BCUT2D eigenvalue weighted by Crippen LogP contribution is 2.19. The minimum absolute atomic E-state index is 0.100. The molecular weight excluding hydrogens is 202 g/mol. The standard InChI is InChI=1S/C12H25N3O/c1-4-7-15(12(2,3)9-13)8-11(16)14-10-5-6-10/h10H,4-9,13H2,1-3H3,(H,14,16). The third kappa shape index (κ3) is 4.10. The summed E-state index contributed by atoms with van der Waals surface area (Å²) in [5.41, 5.74) is 5.65. The molecule has 0 atom stereocenters. The molecule has 0 aromatic carbocycles. The van der Waals surface area contributed by atoms with Crippen molar-refractivity contribution in [3.63, 3.8) is 0 Å². The van der Waals surface area contributed by atoms with E-state index in [1.165, 1.54) is 0 Å². The quantitative estimate of drug-likeness (QED) is 0.673. The topological polar surface area (TPSA) is 58.4 Å². The number of amides is 1. The maximum absolute atomic E-state index is 11.7. The van der Waals surface area contributed by atoms with Crippen LogP contribution in [0.1, 0.15) is 40.0 Å². The Bertz CT molecular complexity index is 236. The van der Waals surface area contributed by atoms with Gasteiger partial charge in [0.15, 0.2) is 0 Å². The molecule has 0 unspecified atom stereocenters. The zero-order chi connectivity index (χ0) is 12.2. The lowest BCUT2D eigenvalue weighted by atomic mass is 10.0. The van der Waals surface area contributed by atoms with Gasteiger partial charge >= 0.3 is 0 Å². The Kier molecular flexibility index (Phi) is 4.74. The summed E-state index contributed by atoms with van der Waals surface area (Å²) in [7, 11) is 0. The molecule has 1 fully saturated rings. The van der Waals surface area contributed by atoms with E-state index in [1.807, 2.05) is 0 Å². The van der Waals surface area contributed by atoms with E-state index >= 15 is 0 Å². The van der Waals surface area contributed by atoms with Crippen molar-refractivity contribution in [1.82, 2.24) is 10.2 Å². The first-order valence-electron chi connectivity index (χ1n) is 6.24. The molecule has 4 nitrogen and oxygen atoms in total. The molecule has 1 aliphatic rings. The monoisotopic (exact) mass is 227 g/mol. The van der Waals surface area contributed by atoms with Gasteiger partial charge in [-0.1, -0.05) is 6.92 Å². The predicted molar refractivity (Wildman–Crippen MR) is 66.2 cm³/mol. The predicted octanol–water partition coefficient (Wildman–Crippen LogP) is 0.714. The first kappa shape index (κ1) is 13.5. The maximum Gasteiger partial charge on any atom is 0.234 e. The van der Waals surface area contributed by atoms with Crippen molar-refractivity contribution in [3.8, 4) is 0 Å². The van der Waals surface area contributed by atoms with Crippen molar-refractivity contribution in [1.29, 1.82) is 0 Å². The summed E-state index contributed by atoms with van der Waals surface area (Å²) in [4.78, 5) is 13.9. The van der Waals surface area contributed by atoms with Gasteiger partial charge in [0.25, 0.3) is 0 Å². The Balaban J connectivity index is 2.45. The SMILES string of the molecule is CCCN(CC(=O)NC1CC1)C(C)(C)CN. The molecule has 0 aromatic rings. The summed E-state index contributed by atoms with van der Waals surface area (Å²) >= 11 is 0. The fraction of sp³-hybridized carbons (Fsp3) is 0.917. The molecule has 0 heterocycles. The van der Waals surface area contributed by atoms with Crippen LogP contribution in [0.25, 0.3) is 0 Å². The van der Waals surface area contributed by atoms with Crippen LogP contribution < -0.4 is 11.1 Å². The second-order valence-corrected chi connectivity index (χ2v) is 5.28. The molecule has 1 rings (SSSR count). The van der Waals surface area contributed by atoms with Crippen LogP contribution in [-0.2, 0) is 4.79 Å². The molecule has 0 bridgehead atoms. The average molecular weight is 227 g/mol. The van der Waals surface area contributed by atoms with Crippen LogP contribution in [0.2, 0.25) is 0 Å². The van der Waals surface area contributed by atoms with Crippen molar-refractivity contribution < 1.29 is 4.79 Å². The van der Waals surface area contributed by atoms with Crippen LogP contribution in [-0.4, -0.2) is 42.0 Å². The second-order valence-electron chi connectivity index (χ2n) is 5.28. The summed E-state index contributed by atoms with van der Waals surface area (Å²) in [6.07, 6.45) is 3.32. The molecule has 0 aromatic heterocycles. The molecule has 0 aliphatic heterocycles. The van der Waals surface area contributed by atoms with Gasteiger partial charge in [-0.05, 0) is 39.7 Å². The highest BCUT2D eigenvalue weighted by atomic mass is 16.2. The van der Waals surface area contributed by atoms with Crippen LogP contribution >= 0.6 is 0 Å². The van der Waals surface area contributed by atoms with E-state index in [2.05, 4.69) is 31.0 Å². The van der Waals surface area contributed by atoms with Gasteiger partial charge in [0.2, 0.25) is 5.91 Å². The van der Waals surface area contributed by atoms with E-state index in [-0.39, 0.29) is 11.4 Å². The summed E-state index contributed by atoms with van der Waals surface area (Å²) < 4.78 is 0. The molecule has 4 heteroatoms. The van der Waals surface area contributed by atoms with Gasteiger partial charge in [-0.25, -0.2) is 0 Å². The van der Waals surface area contributed by atoms with Gasteiger partial charge in [0.1, 0.15) is 0 Å². The van der Waals surface area contributed by atoms with Crippen LogP contribution in [0.4, 0.5) is 0 Å². The minimum Gasteiger partial charge on any atom is -0.352 e. The van der Waals surface area contributed by atoms with Gasteiger partial charge in [-0.3, -0.25) is 9.69 Å². The van der Waals surface area contributed by atoms with E-state index in [4.69, 9.17) is 5.73 Å². The van der Waals surface area contributed by atoms with E-state index in [0.717, 1.165) is 25.8 Å². The number of hydrogen-bond acceptors (Lipinski definition) is 3. The number of carbonyl (C=O) groups excluding carboxylic acids is 1. The Morgan fingerprint density at radius 1 is 1.50 bits per heavy atom. The van der Waals surface area contributed by atoms with Crippen LogP contribution in [0.15, 0.2) is 0 Å². The normalized spacial score (nSPS) is 16.6. The summed E-state index contributed by atoms with van der Waals surface area (Å²) in [5, 5.41) is 3.02. The highest BCUT2D eigenvalue weighted by Gasteiger charge is 2.28. The molecule has 0 spiro atoms. The zero-order valence-corrected chi connectivity index (χ0v) is 10.8. The minimum atomic E-state index is -0.100. The third-order valence-electron chi connectivity index (χ3n) is 3.13. The number of hydrogen-bond donors (Lipinski definition) is 2. The second kappa shape index (κ2) is 5.64. The molecule has 0 radical (unpaired) electrons. The molecule has 16 heavy (non-hydrogen) atoms. The molecule has 1 saturated carbocycles. The molecule has 1 aliphatic carbocycles. The number of carbonyl (C=O) groups is 1. The number of nitrogens with one attached hydrogen (secondary N) is 1. The highest BCUT2D eigenvalue weighted by molar-refractivity contribution is 5.78. The Morgan fingerprint density at radius 2 is 2.12 bits per heavy atom. The lowest BCUT2D eigenvalue weighted by molar-refractivity contribution is -0.123. The van der Waals surface area contributed by atoms with E-state index in [1.54, 1.807) is 0 Å². The van der Waals surface area contributed by atoms with Crippen molar-refractivity contribution in [2.45, 2.75) is 51.6 Å². The zero-order valence-electron chi connectivity index (χ0n) is 10.8. The van der Waals surface area contributed by atoms with Gasteiger partial charge in [0, 0.05) is 18.1 Å². The Hall–Kier alpha value is -0.610. The van der Waals surface area contributed by atoms with Crippen molar-refractivity contribution in [2.75, 3.05) is 19.6 Å². The first-order chi connectivity index (χ1) is 7.49. The summed E-state index contributed by atoms with van der Waals surface area (Å²) in [6, 6.07) is 0.442. The molecule has 94 valence electrons. The smallest absolute Gasteiger partial charge is 0.234 e. The van der Waals surface area contributed by atoms with Gasteiger partial charge < -0.3 is 11.1 Å². The number of rotatable bonds is 7. The van der Waals surface area contributed by atoms with Gasteiger partial charge in [-0.15, -0.1) is 0 Å². The fourth-order valence-corrected chi connectivity index (χ4v) is 1.67. The first-order valence-corrected chi connectivity index (χ1v) is 6.24. The lowest BCUT2D eigenvalue weighted by Gasteiger charge is -2.37. The van der Waals surface area contributed by atoms with Crippen LogP contribution in [0.5, 0.6) is 0 Å². The van der Waals surface area contributed by atoms with Gasteiger partial charge in [0.05, 0.1) is 6.54 Å². The Morgan fingerprint density at radius 3 is 2.56 bits per heavy atom. The van der Waals surface area contributed by atoms with E-state index in [9.17, 15) is 4.79 Å². The molecule has 3 N–H and O–H groups in total.